The summed E-state index contributed by atoms with van der Waals surface area (Å²) in [4.78, 5) is 10.7. The number of hydrogen-bond acceptors (Lipinski definition) is 3. The van der Waals surface area contributed by atoms with Gasteiger partial charge in [0.25, 0.3) is 0 Å². The van der Waals surface area contributed by atoms with Gasteiger partial charge in [-0.3, -0.25) is 4.79 Å². The summed E-state index contributed by atoms with van der Waals surface area (Å²) in [5, 5.41) is 9.10. The van der Waals surface area contributed by atoms with E-state index in [0.29, 0.717) is 0 Å². The van der Waals surface area contributed by atoms with E-state index in [4.69, 9.17) is 9.84 Å². The Morgan fingerprint density at radius 1 is 1.27 bits per heavy atom. The van der Waals surface area contributed by atoms with E-state index in [1.165, 1.54) is 6.92 Å². The Morgan fingerprint density at radius 3 is 2.40 bits per heavy atom. The lowest BCUT2D eigenvalue weighted by Gasteiger charge is -2.10. The second-order valence-electron chi connectivity index (χ2n) is 3.64. The Balaban J connectivity index is 2.92. The number of benzene rings is 1. The van der Waals surface area contributed by atoms with Gasteiger partial charge in [0.2, 0.25) is 0 Å². The van der Waals surface area contributed by atoms with E-state index in [1.54, 1.807) is 0 Å². The molecule has 1 aromatic carbocycles. The number of esters is 1. The molecule has 0 aliphatic carbocycles. The number of rotatable bonds is 3. The maximum Gasteiger partial charge on any atom is 0.302 e. The van der Waals surface area contributed by atoms with Gasteiger partial charge in [-0.05, 0) is 42.2 Å². The van der Waals surface area contributed by atoms with Crippen LogP contribution in [0.4, 0.5) is 0 Å². The van der Waals surface area contributed by atoms with Crippen molar-refractivity contribution in [1.82, 2.24) is 0 Å². The Kier molecular flexibility index (Phi) is 3.86. The normalized spacial score (nSPS) is 10.1. The third-order valence-corrected chi connectivity index (χ3v) is 2.40. The average molecular weight is 208 g/mol. The third-order valence-electron chi connectivity index (χ3n) is 2.40. The predicted octanol–water partition coefficient (Wildman–Crippen LogP) is 1.86. The Hall–Kier alpha value is -1.35. The molecule has 0 aliphatic heterocycles. The molecule has 15 heavy (non-hydrogen) atoms. The third kappa shape index (κ3) is 3.06. The first-order valence-corrected chi connectivity index (χ1v) is 4.87. The van der Waals surface area contributed by atoms with Crippen molar-refractivity contribution < 1.29 is 14.6 Å². The van der Waals surface area contributed by atoms with E-state index in [-0.39, 0.29) is 19.2 Å². The van der Waals surface area contributed by atoms with Gasteiger partial charge in [-0.15, -0.1) is 0 Å². The lowest BCUT2D eigenvalue weighted by Crippen LogP contribution is -2.02. The molecule has 1 aromatic rings. The fraction of sp³-hybridized carbons (Fsp3) is 0.417. The summed E-state index contributed by atoms with van der Waals surface area (Å²) in [6.45, 7) is 5.59. The van der Waals surface area contributed by atoms with Crippen LogP contribution in [0.5, 0.6) is 0 Å². The molecule has 0 unspecified atom stereocenters. The minimum atomic E-state index is -0.291. The van der Waals surface area contributed by atoms with Crippen molar-refractivity contribution >= 4 is 5.97 Å². The topological polar surface area (TPSA) is 46.5 Å². The second kappa shape index (κ2) is 4.94. The van der Waals surface area contributed by atoms with Gasteiger partial charge >= 0.3 is 5.97 Å². The summed E-state index contributed by atoms with van der Waals surface area (Å²) >= 11 is 0. The fourth-order valence-corrected chi connectivity index (χ4v) is 1.45. The van der Waals surface area contributed by atoms with Crippen molar-refractivity contribution in [2.45, 2.75) is 34.0 Å². The highest BCUT2D eigenvalue weighted by Crippen LogP contribution is 2.17. The number of aliphatic hydroxyl groups excluding tert-OH is 1. The van der Waals surface area contributed by atoms with Crippen LogP contribution in [0.3, 0.4) is 0 Å². The molecule has 0 amide bonds. The maximum atomic E-state index is 10.7. The standard InChI is InChI=1S/C12H16O3/c1-8-4-9(2)12(5-11(8)6-13)7-15-10(3)14/h4-5,13H,6-7H2,1-3H3. The first-order chi connectivity index (χ1) is 7.04. The van der Waals surface area contributed by atoms with Crippen molar-refractivity contribution in [2.75, 3.05) is 0 Å². The maximum absolute atomic E-state index is 10.7. The van der Waals surface area contributed by atoms with Crippen molar-refractivity contribution in [3.8, 4) is 0 Å². The number of aryl methyl sites for hydroxylation is 2. The summed E-state index contributed by atoms with van der Waals surface area (Å²) in [6.07, 6.45) is 0. The highest BCUT2D eigenvalue weighted by atomic mass is 16.5. The number of hydrogen-bond donors (Lipinski definition) is 1. The highest BCUT2D eigenvalue weighted by molar-refractivity contribution is 5.66. The predicted molar refractivity (Wildman–Crippen MR) is 57.3 cm³/mol. The lowest BCUT2D eigenvalue weighted by atomic mass is 10.0. The van der Waals surface area contributed by atoms with E-state index in [9.17, 15) is 4.79 Å². The molecule has 82 valence electrons. The van der Waals surface area contributed by atoms with Gasteiger partial charge in [0, 0.05) is 6.92 Å². The van der Waals surface area contributed by atoms with E-state index in [1.807, 2.05) is 26.0 Å². The summed E-state index contributed by atoms with van der Waals surface area (Å²) in [5.41, 5.74) is 3.95. The van der Waals surface area contributed by atoms with E-state index in [0.717, 1.165) is 22.3 Å². The molecule has 1 N–H and O–H groups in total. The van der Waals surface area contributed by atoms with Crippen LogP contribution in [-0.2, 0) is 22.7 Å². The van der Waals surface area contributed by atoms with Crippen molar-refractivity contribution in [3.05, 3.63) is 34.4 Å². The van der Waals surface area contributed by atoms with Gasteiger partial charge in [0.15, 0.2) is 0 Å². The number of carbonyl (C=O) groups is 1. The molecule has 0 saturated carbocycles. The minimum Gasteiger partial charge on any atom is -0.461 e. The molecule has 0 bridgehead atoms. The number of carbonyl (C=O) groups excluding carboxylic acids is 1. The van der Waals surface area contributed by atoms with E-state index >= 15 is 0 Å². The SMILES string of the molecule is CC(=O)OCc1cc(CO)c(C)cc1C. The highest BCUT2D eigenvalue weighted by Gasteiger charge is 2.05. The van der Waals surface area contributed by atoms with Gasteiger partial charge in [0.05, 0.1) is 6.61 Å². The Morgan fingerprint density at radius 2 is 1.87 bits per heavy atom. The zero-order chi connectivity index (χ0) is 11.4. The molecule has 0 atom stereocenters. The summed E-state index contributed by atoms with van der Waals surface area (Å²) in [7, 11) is 0. The molecule has 0 aromatic heterocycles. The summed E-state index contributed by atoms with van der Waals surface area (Å²) in [5.74, 6) is -0.291. The van der Waals surface area contributed by atoms with Crippen LogP contribution >= 0.6 is 0 Å². The fourth-order valence-electron chi connectivity index (χ4n) is 1.45. The van der Waals surface area contributed by atoms with Gasteiger partial charge in [-0.1, -0.05) is 6.07 Å². The molecule has 0 radical (unpaired) electrons. The zero-order valence-electron chi connectivity index (χ0n) is 9.33. The largest absolute Gasteiger partial charge is 0.461 e. The zero-order valence-corrected chi connectivity index (χ0v) is 9.33. The Labute approximate surface area is 89.7 Å². The molecule has 3 heteroatoms. The first-order valence-electron chi connectivity index (χ1n) is 4.87. The van der Waals surface area contributed by atoms with Crippen LogP contribution in [0, 0.1) is 13.8 Å². The van der Waals surface area contributed by atoms with Crippen LogP contribution in [0.15, 0.2) is 12.1 Å². The molecule has 0 heterocycles. The molecular weight excluding hydrogens is 192 g/mol. The van der Waals surface area contributed by atoms with Crippen LogP contribution in [0.1, 0.15) is 29.2 Å². The van der Waals surface area contributed by atoms with Crippen LogP contribution in [-0.4, -0.2) is 11.1 Å². The molecule has 3 nitrogen and oxygen atoms in total. The molecule has 0 spiro atoms. The smallest absolute Gasteiger partial charge is 0.302 e. The number of aliphatic hydroxyl groups is 1. The average Bonchev–Trinajstić information content (AvgIpc) is 2.16. The van der Waals surface area contributed by atoms with E-state index in [2.05, 4.69) is 0 Å². The Bertz CT molecular complexity index is 369. The lowest BCUT2D eigenvalue weighted by molar-refractivity contribution is -0.142. The molecule has 0 saturated heterocycles. The van der Waals surface area contributed by atoms with Gasteiger partial charge in [-0.25, -0.2) is 0 Å². The first kappa shape index (κ1) is 11.7. The van der Waals surface area contributed by atoms with Crippen LogP contribution < -0.4 is 0 Å². The van der Waals surface area contributed by atoms with Gasteiger partial charge in [-0.2, -0.15) is 0 Å². The van der Waals surface area contributed by atoms with Crippen LogP contribution in [0.25, 0.3) is 0 Å². The summed E-state index contributed by atoms with van der Waals surface area (Å²) < 4.78 is 4.93. The van der Waals surface area contributed by atoms with Gasteiger partial charge < -0.3 is 9.84 Å². The van der Waals surface area contributed by atoms with Gasteiger partial charge in [0.1, 0.15) is 6.61 Å². The van der Waals surface area contributed by atoms with Crippen molar-refractivity contribution in [3.63, 3.8) is 0 Å². The molecule has 0 fully saturated rings. The van der Waals surface area contributed by atoms with Crippen molar-refractivity contribution in [1.29, 1.82) is 0 Å². The molecule has 1 rings (SSSR count). The summed E-state index contributed by atoms with van der Waals surface area (Å²) in [6, 6.07) is 3.87. The monoisotopic (exact) mass is 208 g/mol. The molecular formula is C12H16O3. The van der Waals surface area contributed by atoms with Crippen LogP contribution in [0.2, 0.25) is 0 Å². The number of ether oxygens (including phenoxy) is 1. The van der Waals surface area contributed by atoms with Crippen molar-refractivity contribution in [2.24, 2.45) is 0 Å². The minimum absolute atomic E-state index is 0.0131. The quantitative estimate of drug-likeness (QED) is 0.771. The van der Waals surface area contributed by atoms with E-state index < -0.39 is 0 Å². The second-order valence-corrected chi connectivity index (χ2v) is 3.64. The molecule has 0 aliphatic rings.